The monoisotopic (exact) mass is 407 g/mol. The lowest BCUT2D eigenvalue weighted by molar-refractivity contribution is -0.131. The predicted octanol–water partition coefficient (Wildman–Crippen LogP) is 3.81. The first kappa shape index (κ1) is 20.2. The van der Waals surface area contributed by atoms with Crippen molar-refractivity contribution in [2.75, 3.05) is 12.1 Å². The number of nitrogens with one attached hydrogen (secondary N) is 1. The molecule has 0 saturated heterocycles. The van der Waals surface area contributed by atoms with E-state index >= 15 is 0 Å². The van der Waals surface area contributed by atoms with E-state index in [2.05, 4.69) is 5.32 Å². The van der Waals surface area contributed by atoms with Crippen LogP contribution in [0.5, 0.6) is 11.5 Å². The number of fused-ring (bicyclic) bond motifs is 1. The van der Waals surface area contributed by atoms with Crippen LogP contribution in [-0.4, -0.2) is 29.1 Å². The quantitative estimate of drug-likeness (QED) is 0.784. The number of anilines is 1. The van der Waals surface area contributed by atoms with Crippen LogP contribution in [0, 0.1) is 5.92 Å². The van der Waals surface area contributed by atoms with E-state index in [1.165, 1.54) is 13.8 Å². The molecule has 2 N–H and O–H groups in total. The minimum atomic E-state index is -1.33. The van der Waals surface area contributed by atoms with Crippen LogP contribution in [0.4, 0.5) is 5.69 Å². The Balaban J connectivity index is 1.89. The van der Waals surface area contributed by atoms with Crippen molar-refractivity contribution in [3.63, 3.8) is 0 Å². The van der Waals surface area contributed by atoms with E-state index in [1.807, 2.05) is 36.4 Å². The lowest BCUT2D eigenvalue weighted by Crippen LogP contribution is -2.48. The van der Waals surface area contributed by atoms with Gasteiger partial charge in [-0.15, -0.1) is 0 Å². The summed E-state index contributed by atoms with van der Waals surface area (Å²) in [5.74, 6) is -0.488. The van der Waals surface area contributed by atoms with Crippen molar-refractivity contribution < 1.29 is 24.2 Å². The van der Waals surface area contributed by atoms with Crippen LogP contribution in [-0.2, 0) is 9.59 Å². The molecule has 0 saturated carbocycles. The Bertz CT molecular complexity index is 1030. The molecule has 6 heteroatoms. The molecule has 0 spiro atoms. The van der Waals surface area contributed by atoms with Gasteiger partial charge in [-0.05, 0) is 50.6 Å². The first-order chi connectivity index (χ1) is 14.3. The molecule has 156 valence electrons. The second kappa shape index (κ2) is 7.61. The van der Waals surface area contributed by atoms with Crippen molar-refractivity contribution in [2.45, 2.75) is 38.7 Å². The number of allylic oxidation sites excluding steroid dienone is 1. The standard InChI is InChI=1S/C24H25NO5/c1-14(26)21-18(25-17-7-5-4-6-8-17)12-24(3,28)23(15(2)27)22(21)16-9-10-19-20(11-16)30-13-29-19/h4-11,22-23,25,28H,12-13H2,1-3H3/t22-,23-,24-/m1/s1. The molecule has 0 fully saturated rings. The summed E-state index contributed by atoms with van der Waals surface area (Å²) in [6.07, 6.45) is 0.169. The van der Waals surface area contributed by atoms with E-state index in [9.17, 15) is 14.7 Å². The maximum absolute atomic E-state index is 12.8. The highest BCUT2D eigenvalue weighted by atomic mass is 16.7. The SMILES string of the molecule is CC(=O)C1=C(Nc2ccccc2)C[C@@](C)(O)[C@H](C(C)=O)[C@@H]1c1ccc2c(c1)OCO2. The molecule has 2 aromatic carbocycles. The summed E-state index contributed by atoms with van der Waals surface area (Å²) < 4.78 is 10.9. The Hall–Kier alpha value is -3.12. The number of carbonyl (C=O) groups is 2. The van der Waals surface area contributed by atoms with Crippen molar-refractivity contribution in [1.29, 1.82) is 0 Å². The van der Waals surface area contributed by atoms with Gasteiger partial charge in [-0.2, -0.15) is 0 Å². The van der Waals surface area contributed by atoms with Gasteiger partial charge in [0, 0.05) is 29.3 Å². The molecule has 0 amide bonds. The first-order valence-corrected chi connectivity index (χ1v) is 9.96. The smallest absolute Gasteiger partial charge is 0.231 e. The highest BCUT2D eigenvalue weighted by molar-refractivity contribution is 5.98. The summed E-state index contributed by atoms with van der Waals surface area (Å²) in [7, 11) is 0. The van der Waals surface area contributed by atoms with E-state index in [-0.39, 0.29) is 24.8 Å². The number of ketones is 2. The van der Waals surface area contributed by atoms with Gasteiger partial charge in [0.25, 0.3) is 0 Å². The first-order valence-electron chi connectivity index (χ1n) is 9.96. The van der Waals surface area contributed by atoms with Gasteiger partial charge < -0.3 is 19.9 Å². The maximum atomic E-state index is 12.8. The topological polar surface area (TPSA) is 84.9 Å². The second-order valence-electron chi connectivity index (χ2n) is 8.15. The largest absolute Gasteiger partial charge is 0.454 e. The van der Waals surface area contributed by atoms with Crippen LogP contribution in [0.1, 0.15) is 38.7 Å². The van der Waals surface area contributed by atoms with Gasteiger partial charge in [0.15, 0.2) is 17.3 Å². The Morgan fingerprint density at radius 1 is 1.07 bits per heavy atom. The van der Waals surface area contributed by atoms with Crippen LogP contribution in [0.3, 0.4) is 0 Å². The maximum Gasteiger partial charge on any atom is 0.231 e. The van der Waals surface area contributed by atoms with Crippen molar-refractivity contribution in [3.05, 3.63) is 65.4 Å². The van der Waals surface area contributed by atoms with Crippen LogP contribution >= 0.6 is 0 Å². The highest BCUT2D eigenvalue weighted by Crippen LogP contribution is 2.49. The van der Waals surface area contributed by atoms with E-state index in [1.54, 1.807) is 19.1 Å². The normalized spacial score (nSPS) is 25.2. The summed E-state index contributed by atoms with van der Waals surface area (Å²) in [5.41, 5.74) is 1.34. The van der Waals surface area contributed by atoms with Gasteiger partial charge in [0.1, 0.15) is 5.78 Å². The number of para-hydroxylation sites is 1. The van der Waals surface area contributed by atoms with Crippen LogP contribution in [0.25, 0.3) is 0 Å². The van der Waals surface area contributed by atoms with Gasteiger partial charge >= 0.3 is 0 Å². The number of carbonyl (C=O) groups excluding carboxylic acids is 2. The average Bonchev–Trinajstić information content (AvgIpc) is 3.14. The fourth-order valence-electron chi connectivity index (χ4n) is 4.65. The summed E-state index contributed by atoms with van der Waals surface area (Å²) in [6, 6.07) is 14.9. The molecule has 2 aromatic rings. The Kier molecular flexibility index (Phi) is 5.12. The minimum absolute atomic E-state index is 0.132. The van der Waals surface area contributed by atoms with Gasteiger partial charge in [0.05, 0.1) is 11.5 Å². The molecule has 1 aliphatic heterocycles. The van der Waals surface area contributed by atoms with E-state index in [4.69, 9.17) is 9.47 Å². The third-order valence-corrected chi connectivity index (χ3v) is 5.82. The number of Topliss-reactive ketones (excluding diaryl/α,β-unsaturated/α-hetero) is 2. The van der Waals surface area contributed by atoms with E-state index < -0.39 is 17.4 Å². The molecular weight excluding hydrogens is 382 g/mol. The molecule has 1 aliphatic carbocycles. The summed E-state index contributed by atoms with van der Waals surface area (Å²) in [5, 5.41) is 14.6. The van der Waals surface area contributed by atoms with Gasteiger partial charge in [-0.3, -0.25) is 9.59 Å². The lowest BCUT2D eigenvalue weighted by Gasteiger charge is -2.43. The van der Waals surface area contributed by atoms with Crippen molar-refractivity contribution in [2.24, 2.45) is 5.92 Å². The van der Waals surface area contributed by atoms with E-state index in [0.29, 0.717) is 22.8 Å². The molecular formula is C24H25NO5. The third-order valence-electron chi connectivity index (χ3n) is 5.82. The van der Waals surface area contributed by atoms with Crippen molar-refractivity contribution in [3.8, 4) is 11.5 Å². The Labute approximate surface area is 175 Å². The number of aliphatic hydroxyl groups is 1. The van der Waals surface area contributed by atoms with E-state index in [0.717, 1.165) is 11.3 Å². The number of rotatable bonds is 5. The molecule has 6 nitrogen and oxygen atoms in total. The zero-order valence-corrected chi connectivity index (χ0v) is 17.3. The fourth-order valence-corrected chi connectivity index (χ4v) is 4.65. The summed E-state index contributed by atoms with van der Waals surface area (Å²) in [6.45, 7) is 4.75. The van der Waals surface area contributed by atoms with Crippen molar-refractivity contribution in [1.82, 2.24) is 0 Å². The third kappa shape index (κ3) is 3.59. The Morgan fingerprint density at radius 3 is 2.43 bits per heavy atom. The fraction of sp³-hybridized carbons (Fsp3) is 0.333. The second-order valence-corrected chi connectivity index (χ2v) is 8.15. The van der Waals surface area contributed by atoms with Crippen LogP contribution < -0.4 is 14.8 Å². The molecule has 0 radical (unpaired) electrons. The lowest BCUT2D eigenvalue weighted by atomic mass is 9.64. The molecule has 0 bridgehead atoms. The number of hydrogen-bond donors (Lipinski definition) is 2. The average molecular weight is 407 g/mol. The molecule has 3 atom stereocenters. The summed E-state index contributed by atoms with van der Waals surface area (Å²) in [4.78, 5) is 25.5. The molecule has 0 aromatic heterocycles. The number of hydrogen-bond acceptors (Lipinski definition) is 6. The minimum Gasteiger partial charge on any atom is -0.454 e. The molecule has 2 aliphatic rings. The van der Waals surface area contributed by atoms with Gasteiger partial charge in [-0.1, -0.05) is 24.3 Å². The molecule has 1 heterocycles. The molecule has 4 rings (SSSR count). The number of ether oxygens (including phenoxy) is 2. The zero-order chi connectivity index (χ0) is 21.5. The molecule has 0 unspecified atom stereocenters. The Morgan fingerprint density at radius 2 is 1.77 bits per heavy atom. The van der Waals surface area contributed by atoms with Gasteiger partial charge in [-0.25, -0.2) is 0 Å². The summed E-state index contributed by atoms with van der Waals surface area (Å²) >= 11 is 0. The van der Waals surface area contributed by atoms with Crippen LogP contribution in [0.15, 0.2) is 59.8 Å². The van der Waals surface area contributed by atoms with Gasteiger partial charge in [0.2, 0.25) is 6.79 Å². The predicted molar refractivity (Wildman–Crippen MR) is 112 cm³/mol. The number of benzene rings is 2. The highest BCUT2D eigenvalue weighted by Gasteiger charge is 2.49. The zero-order valence-electron chi connectivity index (χ0n) is 17.3. The van der Waals surface area contributed by atoms with Crippen LogP contribution in [0.2, 0.25) is 0 Å². The molecule has 30 heavy (non-hydrogen) atoms. The van der Waals surface area contributed by atoms with Crippen molar-refractivity contribution >= 4 is 17.3 Å².